The maximum atomic E-state index is 17.8. The fourth-order valence-electron chi connectivity index (χ4n) is 12.6. The van der Waals surface area contributed by atoms with Crippen molar-refractivity contribution in [3.8, 4) is 45.6 Å². The molecule has 5 heterocycles. The van der Waals surface area contributed by atoms with E-state index in [9.17, 15) is 211 Å². The number of aromatic amines is 2. The number of benzene rings is 4. The third-order valence-corrected chi connectivity index (χ3v) is 18.1. The summed E-state index contributed by atoms with van der Waals surface area (Å²) >= 11 is 0. The first-order valence-electron chi connectivity index (χ1n) is 29.8. The first-order valence-corrected chi connectivity index (χ1v) is 29.8. The van der Waals surface area contributed by atoms with Crippen LogP contribution < -0.4 is 0 Å². The molecule has 0 saturated heterocycles. The van der Waals surface area contributed by atoms with Crippen LogP contribution in [-0.4, -0.2) is 139 Å². The lowest BCUT2D eigenvalue weighted by Gasteiger charge is -2.37. The third-order valence-electron chi connectivity index (χ3n) is 18.1. The predicted octanol–water partition coefficient (Wildman–Crippen LogP) is 26.3. The van der Waals surface area contributed by atoms with Gasteiger partial charge < -0.3 is 9.97 Å². The molecule has 0 fully saturated rings. The third kappa shape index (κ3) is 13.1. The molecule has 0 saturated carbocycles. The Labute approximate surface area is 645 Å². The van der Waals surface area contributed by atoms with Gasteiger partial charge in [0.2, 0.25) is 0 Å². The van der Waals surface area contributed by atoms with E-state index >= 15 is 70.2 Å². The molecule has 8 nitrogen and oxygen atoms in total. The van der Waals surface area contributed by atoms with E-state index in [1.807, 2.05) is 29.9 Å². The van der Waals surface area contributed by atoms with Gasteiger partial charge in [-0.25, -0.2) is 100 Å². The number of rotatable bonds is 8. The molecule has 4 aromatic carbocycles. The van der Waals surface area contributed by atoms with E-state index in [-0.39, 0.29) is 9.97 Å². The van der Waals surface area contributed by atoms with E-state index in [0.717, 1.165) is 0 Å². The first kappa shape index (κ1) is 102. The molecule has 8 bridgehead atoms. The summed E-state index contributed by atoms with van der Waals surface area (Å²) in [7, 11) is 0. The maximum Gasteiger partial charge on any atom is 0.436 e. The number of H-pyrrole nitrogens is 2. The Kier molecular flexibility index (Phi) is 21.9. The number of hydrogen-bond donors (Lipinski definition) is 2. The van der Waals surface area contributed by atoms with Crippen LogP contribution in [0.5, 0.6) is 0 Å². The van der Waals surface area contributed by atoms with E-state index < -0.39 is 325 Å². The lowest BCUT2D eigenvalue weighted by molar-refractivity contribution is -0.361. The topological polar surface area (TPSA) is 109 Å². The summed E-state index contributed by atoms with van der Waals surface area (Å²) in [4.78, 5) is 11.3. The van der Waals surface area contributed by atoms with Crippen LogP contribution in [0, 0.1) is 46.5 Å². The van der Waals surface area contributed by atoms with Crippen molar-refractivity contribution in [1.82, 2.24) is 39.9 Å². The molecule has 0 unspecified atom stereocenters. The molecule has 72 heteroatoms. The Morgan fingerprint density at radius 2 is 0.227 bits per heavy atom. The zero-order chi connectivity index (χ0) is 100. The molecule has 128 heavy (non-hydrogen) atoms. The van der Waals surface area contributed by atoms with E-state index in [0.29, 0.717) is 0 Å². The van der Waals surface area contributed by atoms with Gasteiger partial charge in [-0.05, 0) is 0 Å². The molecule has 2 N–H and O–H groups in total. The van der Waals surface area contributed by atoms with E-state index in [4.69, 9.17) is 0 Å². The molecule has 2 aliphatic heterocycles. The molecule has 0 spiro atoms. The van der Waals surface area contributed by atoms with Crippen LogP contribution in [0.25, 0.3) is 89.7 Å². The normalized spacial score (nSPS) is 15.5. The summed E-state index contributed by atoms with van der Waals surface area (Å²) in [5, 5.41) is -17.8. The van der Waals surface area contributed by atoms with Crippen molar-refractivity contribution in [3.05, 3.63) is 91.0 Å². The average Bonchev–Trinajstić information content (AvgIpc) is 1.33. The average molecular weight is 2000 g/mol. The largest absolute Gasteiger partial charge is 0.436 e. The smallest absolute Gasteiger partial charge is 0.324 e. The molecular weight excluding hydrogens is 2000 g/mol. The van der Waals surface area contributed by atoms with Crippen molar-refractivity contribution < 1.29 is 281 Å². The molecule has 0 atom stereocenters. The van der Waals surface area contributed by atoms with Gasteiger partial charge in [0, 0.05) is 0 Å². The Bertz CT molecular complexity index is 5100. The monoisotopic (exact) mass is 2000 g/mol. The molecule has 3 aromatic heterocycles. The molecule has 714 valence electrons. The van der Waals surface area contributed by atoms with Crippen molar-refractivity contribution in [2.45, 2.75) is 144 Å². The molecule has 0 radical (unpaired) electrons. The van der Waals surface area contributed by atoms with Gasteiger partial charge in [-0.2, -0.15) is 211 Å². The van der Waals surface area contributed by atoms with E-state index in [2.05, 4.69) is 0 Å². The summed E-state index contributed by atoms with van der Waals surface area (Å²) in [6, 6.07) is 0. The predicted molar refractivity (Wildman–Crippen MR) is 275 cm³/mol. The second kappa shape index (κ2) is 27.7. The number of nitrogens with one attached hydrogen (secondary N) is 2. The minimum Gasteiger partial charge on any atom is -0.324 e. The zero-order valence-corrected chi connectivity index (χ0v) is 55.9. The lowest BCUT2D eigenvalue weighted by Crippen LogP contribution is -2.56. The highest BCUT2D eigenvalue weighted by atomic mass is 19.5. The van der Waals surface area contributed by atoms with Crippen LogP contribution in [0.1, 0.15) is 44.5 Å². The summed E-state index contributed by atoms with van der Waals surface area (Å²) in [5.74, 6) is -61.2. The summed E-state index contributed by atoms with van der Waals surface area (Å²) < 4.78 is 988. The van der Waals surface area contributed by atoms with Crippen molar-refractivity contribution in [2.24, 2.45) is 0 Å². The quantitative estimate of drug-likeness (QED) is 0.147. The standard InChI is InChI=1S/C56H2F64N8/c57-17-1-2(18(58)10(34(66,43(79,80)81)44(82,83)84)9(17)33(65,41(73,74)75)42(76,77)78)26-121-25(1)125-27-3-4(20(60)12(36(68,47(91,92)93)48(94,95)96)11(19(3)59)35(67,45(85,86)87)46(88,89)90)29(122-27)127-31-7-8(24(64)16(40(72,55(115,116)117)56(118,119)120)15(23(7)63)39(71,53(109,110)111)54(112,113)114)32(124-31)128-30-6-5(28(123-30)126-26)21(61)13(37(69,49(97,98)99)50(100,101)102)14(22(6)62)38(70,51(103,104)105)52(106,107)108/h(H2,121,122,123,124,125,126,127,128). The summed E-state index contributed by atoms with van der Waals surface area (Å²) in [6.07, 6.45) is -146. The Morgan fingerprint density at radius 3 is 0.320 bits per heavy atom. The molecule has 7 aromatic rings. The van der Waals surface area contributed by atoms with Gasteiger partial charge in [-0.3, -0.25) is 0 Å². The van der Waals surface area contributed by atoms with Crippen LogP contribution >= 0.6 is 0 Å². The van der Waals surface area contributed by atoms with Crippen LogP contribution in [0.15, 0.2) is 0 Å². The van der Waals surface area contributed by atoms with Gasteiger partial charge in [0.15, 0.2) is 23.3 Å². The summed E-state index contributed by atoms with van der Waals surface area (Å²) in [5.41, 5.74) is -157. The molecule has 0 aliphatic carbocycles. The van der Waals surface area contributed by atoms with Crippen LogP contribution in [0.3, 0.4) is 0 Å². The second-order valence-corrected chi connectivity index (χ2v) is 25.4. The number of alkyl halides is 56. The van der Waals surface area contributed by atoms with Crippen LogP contribution in [-0.2, 0) is 45.4 Å². The Balaban J connectivity index is 1.95. The minimum absolute atomic E-state index is 0.0540. The lowest BCUT2D eigenvalue weighted by atomic mass is 9.78. The molecular formula is C56H2F64N8. The second-order valence-electron chi connectivity index (χ2n) is 25.4. The van der Waals surface area contributed by atoms with Crippen molar-refractivity contribution in [3.63, 3.8) is 0 Å². The molecule has 9 rings (SSSR count). The SMILES string of the molecule is Fc1c2c(c(F)c(C(F)(C(F)(F)F)C(F)(F)F)c1C(F)(C(F)(F)F)C(F)(F)F)-c1nc-2nc2[nH]c(nc3nc(nc4[nH]c(n1)c1c(F)c(C(F)(C(F)(F)F)C(F)(F)F)c(C(F)(C(F)(F)F)C(F)(F)F)c(F)c41)-c1c(F)c(C(F)(C(F)(F)F)C(F)(F)F)c(C(F)(C(F)(F)F)C(F)(F)F)c(F)c1-3)c1c(F)c(C(F)(C(F)(F)F)C(F)(F)F)c(C(F)(C(F)(F)F)C(F)(F)F)c(F)c21. The fourth-order valence-corrected chi connectivity index (χ4v) is 12.6. The highest BCUT2D eigenvalue weighted by Crippen LogP contribution is 2.70. The molecule has 2 aliphatic rings. The van der Waals surface area contributed by atoms with Crippen molar-refractivity contribution in [2.75, 3.05) is 0 Å². The number of halogens is 64. The van der Waals surface area contributed by atoms with Gasteiger partial charge in [-0.15, -0.1) is 0 Å². The molecule has 0 amide bonds. The number of hydrogen-bond acceptors (Lipinski definition) is 6. The zero-order valence-electron chi connectivity index (χ0n) is 55.9. The van der Waals surface area contributed by atoms with Crippen molar-refractivity contribution in [1.29, 1.82) is 0 Å². The van der Waals surface area contributed by atoms with Gasteiger partial charge in [0.05, 0.1) is 88.3 Å². The number of fused-ring (bicyclic) bond motifs is 20. The van der Waals surface area contributed by atoms with Crippen LogP contribution in [0.4, 0.5) is 281 Å². The minimum atomic E-state index is -9.23. The highest BCUT2D eigenvalue weighted by Gasteiger charge is 2.87. The number of aromatic nitrogens is 8. The number of nitrogens with zero attached hydrogens (tertiary/aromatic N) is 6. The highest BCUT2D eigenvalue weighted by molar-refractivity contribution is 6.09. The Morgan fingerprint density at radius 1 is 0.133 bits per heavy atom. The maximum absolute atomic E-state index is 17.8. The van der Waals surface area contributed by atoms with Gasteiger partial charge in [-0.1, -0.05) is 0 Å². The van der Waals surface area contributed by atoms with Crippen molar-refractivity contribution >= 4 is 44.1 Å². The summed E-state index contributed by atoms with van der Waals surface area (Å²) in [6.45, 7) is 0. The van der Waals surface area contributed by atoms with Gasteiger partial charge >= 0.3 is 144 Å². The van der Waals surface area contributed by atoms with E-state index in [1.165, 1.54) is 0 Å². The fraction of sp³-hybridized carbons (Fsp3) is 0.429. The first-order chi connectivity index (χ1) is 56.1. The van der Waals surface area contributed by atoms with Gasteiger partial charge in [0.25, 0.3) is 0 Å². The van der Waals surface area contributed by atoms with Crippen LogP contribution in [0.2, 0.25) is 0 Å². The Hall–Kier alpha value is -10.2. The van der Waals surface area contributed by atoms with Gasteiger partial charge in [0.1, 0.15) is 69.1 Å². The van der Waals surface area contributed by atoms with E-state index in [1.54, 1.807) is 0 Å².